The fraction of sp³-hybridized carbons (Fsp3) is 0.722. The molecule has 1 aromatic heterocycles. The zero-order valence-electron chi connectivity index (χ0n) is 14.0. The van der Waals surface area contributed by atoms with Gasteiger partial charge in [0.05, 0.1) is 0 Å². The molecule has 1 aliphatic carbocycles. The first-order valence-corrected chi connectivity index (χ1v) is 8.34. The summed E-state index contributed by atoms with van der Waals surface area (Å²) in [5, 5.41) is 0. The zero-order chi connectivity index (χ0) is 15.0. The van der Waals surface area contributed by atoms with Gasteiger partial charge in [0.25, 0.3) is 0 Å². The third-order valence-corrected chi connectivity index (χ3v) is 4.75. The van der Waals surface area contributed by atoms with Crippen LogP contribution in [0.3, 0.4) is 0 Å². The summed E-state index contributed by atoms with van der Waals surface area (Å²) in [6.07, 6.45) is 10.7. The highest BCUT2D eigenvalue weighted by atomic mass is 15.2. The van der Waals surface area contributed by atoms with E-state index in [1.807, 2.05) is 32.3 Å². The zero-order valence-corrected chi connectivity index (χ0v) is 14.0. The minimum Gasteiger partial charge on any atom is -0.297 e. The van der Waals surface area contributed by atoms with E-state index in [1.165, 1.54) is 37.7 Å². The van der Waals surface area contributed by atoms with Gasteiger partial charge in [0.1, 0.15) is 0 Å². The van der Waals surface area contributed by atoms with Gasteiger partial charge < -0.3 is 0 Å². The fourth-order valence-electron chi connectivity index (χ4n) is 3.13. The molecule has 0 saturated heterocycles. The molecule has 1 unspecified atom stereocenters. The van der Waals surface area contributed by atoms with E-state index in [0.29, 0.717) is 6.04 Å². The average molecular weight is 276 g/mol. The van der Waals surface area contributed by atoms with Crippen LogP contribution >= 0.6 is 0 Å². The van der Waals surface area contributed by atoms with E-state index in [0.717, 1.165) is 12.0 Å². The number of aromatic nitrogens is 1. The highest BCUT2D eigenvalue weighted by Gasteiger charge is 2.26. The predicted octanol–water partition coefficient (Wildman–Crippen LogP) is 5.07. The van der Waals surface area contributed by atoms with Crippen LogP contribution in [-0.2, 0) is 0 Å². The molecule has 0 aromatic carbocycles. The Hall–Kier alpha value is -0.890. The maximum atomic E-state index is 4.23. The first-order chi connectivity index (χ1) is 9.72. The number of hydrogen-bond acceptors (Lipinski definition) is 2. The van der Waals surface area contributed by atoms with Gasteiger partial charge in [0.15, 0.2) is 0 Å². The predicted molar refractivity (Wildman–Crippen MR) is 87.8 cm³/mol. The van der Waals surface area contributed by atoms with E-state index in [9.17, 15) is 0 Å². The van der Waals surface area contributed by atoms with Crippen LogP contribution in [-0.4, -0.2) is 23.0 Å². The molecule has 0 bridgehead atoms. The molecule has 2 rings (SSSR count). The van der Waals surface area contributed by atoms with Crippen LogP contribution < -0.4 is 0 Å². The highest BCUT2D eigenvalue weighted by Crippen LogP contribution is 2.32. The van der Waals surface area contributed by atoms with Crippen LogP contribution in [0.2, 0.25) is 0 Å². The minimum absolute atomic E-state index is 0.474. The van der Waals surface area contributed by atoms with Crippen molar-refractivity contribution in [1.82, 2.24) is 9.88 Å². The van der Waals surface area contributed by atoms with Crippen molar-refractivity contribution in [3.05, 3.63) is 30.1 Å². The molecule has 0 radical (unpaired) electrons. The monoisotopic (exact) mass is 276 g/mol. The standard InChI is InChI=1S/C16H26N2.C2H6/c1-4-14-7-9-16(10-8-14)18(3)13(2)15-6-5-11-17-12-15;1-2/h5-6,11-14,16H,4,7-10H2,1-3H3;1-2H3. The molecule has 0 aliphatic heterocycles. The van der Waals surface area contributed by atoms with Gasteiger partial charge in [-0.15, -0.1) is 0 Å². The second kappa shape index (κ2) is 9.12. The van der Waals surface area contributed by atoms with Gasteiger partial charge in [-0.3, -0.25) is 9.88 Å². The lowest BCUT2D eigenvalue weighted by Gasteiger charge is -2.37. The van der Waals surface area contributed by atoms with E-state index in [4.69, 9.17) is 0 Å². The molecule has 2 heteroatoms. The van der Waals surface area contributed by atoms with Gasteiger partial charge in [0, 0.05) is 24.5 Å². The molecule has 0 spiro atoms. The first-order valence-electron chi connectivity index (χ1n) is 8.34. The largest absolute Gasteiger partial charge is 0.297 e. The van der Waals surface area contributed by atoms with E-state index >= 15 is 0 Å². The normalized spacial score (nSPS) is 23.9. The smallest absolute Gasteiger partial charge is 0.0335 e. The van der Waals surface area contributed by atoms with E-state index in [1.54, 1.807) is 0 Å². The fourth-order valence-corrected chi connectivity index (χ4v) is 3.13. The maximum absolute atomic E-state index is 4.23. The second-order valence-corrected chi connectivity index (χ2v) is 5.71. The summed E-state index contributed by atoms with van der Waals surface area (Å²) in [5.74, 6) is 0.975. The van der Waals surface area contributed by atoms with Crippen molar-refractivity contribution in [2.24, 2.45) is 5.92 Å². The van der Waals surface area contributed by atoms with Crippen LogP contribution in [0.25, 0.3) is 0 Å². The van der Waals surface area contributed by atoms with Gasteiger partial charge in [-0.25, -0.2) is 0 Å². The summed E-state index contributed by atoms with van der Waals surface area (Å²) in [6, 6.07) is 5.45. The Balaban J connectivity index is 0.000000956. The van der Waals surface area contributed by atoms with E-state index in [-0.39, 0.29) is 0 Å². The lowest BCUT2D eigenvalue weighted by atomic mass is 9.83. The third-order valence-electron chi connectivity index (χ3n) is 4.75. The molecule has 0 amide bonds. The molecule has 1 aromatic rings. The summed E-state index contributed by atoms with van der Waals surface area (Å²) < 4.78 is 0. The number of nitrogens with zero attached hydrogens (tertiary/aromatic N) is 2. The molecule has 1 fully saturated rings. The van der Waals surface area contributed by atoms with Crippen molar-refractivity contribution in [3.63, 3.8) is 0 Å². The average Bonchev–Trinajstić information content (AvgIpc) is 2.56. The molecule has 114 valence electrons. The second-order valence-electron chi connectivity index (χ2n) is 5.71. The van der Waals surface area contributed by atoms with Gasteiger partial charge in [-0.05, 0) is 57.2 Å². The van der Waals surface area contributed by atoms with Crippen molar-refractivity contribution in [2.75, 3.05) is 7.05 Å². The van der Waals surface area contributed by atoms with E-state index < -0.39 is 0 Å². The third kappa shape index (κ3) is 4.59. The lowest BCUT2D eigenvalue weighted by molar-refractivity contribution is 0.126. The van der Waals surface area contributed by atoms with Gasteiger partial charge >= 0.3 is 0 Å². The summed E-state index contributed by atoms with van der Waals surface area (Å²) >= 11 is 0. The van der Waals surface area contributed by atoms with Gasteiger partial charge in [-0.2, -0.15) is 0 Å². The van der Waals surface area contributed by atoms with Gasteiger partial charge in [0.2, 0.25) is 0 Å². The number of hydrogen-bond donors (Lipinski definition) is 0. The summed E-state index contributed by atoms with van der Waals surface area (Å²) in [4.78, 5) is 6.78. The van der Waals surface area contributed by atoms with Crippen LogP contribution in [0.1, 0.15) is 71.4 Å². The Labute approximate surface area is 125 Å². The molecule has 2 nitrogen and oxygen atoms in total. The van der Waals surface area contributed by atoms with Crippen molar-refractivity contribution in [1.29, 1.82) is 0 Å². The van der Waals surface area contributed by atoms with Crippen LogP contribution in [0, 0.1) is 5.92 Å². The van der Waals surface area contributed by atoms with E-state index in [2.05, 4.69) is 36.8 Å². The minimum atomic E-state index is 0.474. The quantitative estimate of drug-likeness (QED) is 0.763. The summed E-state index contributed by atoms with van der Waals surface area (Å²) in [5.41, 5.74) is 1.33. The highest BCUT2D eigenvalue weighted by molar-refractivity contribution is 5.13. The molecule has 1 aliphatic rings. The van der Waals surface area contributed by atoms with Crippen molar-refractivity contribution < 1.29 is 0 Å². The number of rotatable bonds is 4. The lowest BCUT2D eigenvalue weighted by Crippen LogP contribution is -2.36. The SMILES string of the molecule is CC.CCC1CCC(N(C)C(C)c2cccnc2)CC1. The molecule has 1 saturated carbocycles. The number of pyridine rings is 1. The Bertz CT molecular complexity index is 342. The Kier molecular flexibility index (Phi) is 7.83. The maximum Gasteiger partial charge on any atom is 0.0335 e. The molecule has 1 heterocycles. The topological polar surface area (TPSA) is 16.1 Å². The van der Waals surface area contributed by atoms with Crippen LogP contribution in [0.5, 0.6) is 0 Å². The molecule has 0 N–H and O–H groups in total. The molecular formula is C18H32N2. The molecular weight excluding hydrogens is 244 g/mol. The first kappa shape index (κ1) is 17.2. The van der Waals surface area contributed by atoms with Crippen LogP contribution in [0.15, 0.2) is 24.5 Å². The summed E-state index contributed by atoms with van der Waals surface area (Å²) in [7, 11) is 2.27. The van der Waals surface area contributed by atoms with Crippen molar-refractivity contribution in [2.45, 2.75) is 71.9 Å². The Morgan fingerprint density at radius 3 is 2.40 bits per heavy atom. The Morgan fingerprint density at radius 2 is 1.90 bits per heavy atom. The van der Waals surface area contributed by atoms with Crippen molar-refractivity contribution in [3.8, 4) is 0 Å². The molecule has 20 heavy (non-hydrogen) atoms. The summed E-state index contributed by atoms with van der Waals surface area (Å²) in [6.45, 7) is 8.62. The molecule has 1 atom stereocenters. The van der Waals surface area contributed by atoms with Gasteiger partial charge in [-0.1, -0.05) is 33.3 Å². The Morgan fingerprint density at radius 1 is 1.25 bits per heavy atom. The van der Waals surface area contributed by atoms with Crippen molar-refractivity contribution >= 4 is 0 Å². The van der Waals surface area contributed by atoms with Crippen LogP contribution in [0.4, 0.5) is 0 Å².